The summed E-state index contributed by atoms with van der Waals surface area (Å²) in [6.07, 6.45) is 1.54. The molecule has 2 unspecified atom stereocenters. The molecule has 0 saturated heterocycles. The minimum absolute atomic E-state index is 0.0462. The van der Waals surface area contributed by atoms with E-state index in [9.17, 15) is 9.59 Å². The molecule has 4 heteroatoms. The monoisotopic (exact) mass is 336 g/mol. The molecule has 2 aromatic carbocycles. The molecule has 0 radical (unpaired) electrons. The van der Waals surface area contributed by atoms with Crippen LogP contribution in [0.25, 0.3) is 0 Å². The van der Waals surface area contributed by atoms with Crippen LogP contribution >= 0.6 is 0 Å². The molecule has 0 bridgehead atoms. The van der Waals surface area contributed by atoms with Crippen molar-refractivity contribution in [2.24, 2.45) is 0 Å². The lowest BCUT2D eigenvalue weighted by atomic mass is 9.69. The number of benzene rings is 2. The van der Waals surface area contributed by atoms with Crippen molar-refractivity contribution < 1.29 is 19.1 Å². The van der Waals surface area contributed by atoms with Crippen LogP contribution in [-0.2, 0) is 11.2 Å². The molecule has 25 heavy (non-hydrogen) atoms. The zero-order valence-electron chi connectivity index (χ0n) is 14.4. The molecule has 1 aliphatic carbocycles. The van der Waals surface area contributed by atoms with E-state index in [0.717, 1.165) is 16.9 Å². The number of Topliss-reactive ketones (excluding diaryl/α,β-unsaturated/α-hetero) is 2. The number of rotatable bonds is 3. The van der Waals surface area contributed by atoms with Gasteiger partial charge in [0.15, 0.2) is 5.60 Å². The number of carbonyl (C=O) groups excluding carboxylic acids is 2. The summed E-state index contributed by atoms with van der Waals surface area (Å²) >= 11 is 0. The number of carbonyl (C=O) groups is 2. The molecule has 0 fully saturated rings. The molecule has 2 aromatic rings. The van der Waals surface area contributed by atoms with Crippen LogP contribution < -0.4 is 9.47 Å². The Balaban J connectivity index is 1.84. The molecule has 0 amide bonds. The van der Waals surface area contributed by atoms with Crippen LogP contribution in [0.15, 0.2) is 42.5 Å². The third kappa shape index (κ3) is 2.28. The smallest absolute Gasteiger partial charge is 0.207 e. The predicted molar refractivity (Wildman–Crippen MR) is 93.5 cm³/mol. The standard InChI is InChI=1S/C21H20O4/c1-13(22)12-17-16-6-3-4-8-19(16)25-21(17)11-10-14-15(20(21)23)7-5-9-18(14)24-2/h3-9,17H,10-12H2,1-2H3. The highest BCUT2D eigenvalue weighted by atomic mass is 16.5. The third-order valence-electron chi connectivity index (χ3n) is 5.37. The fraction of sp³-hybridized carbons (Fsp3) is 0.333. The molecule has 128 valence electrons. The summed E-state index contributed by atoms with van der Waals surface area (Å²) in [5.74, 6) is 1.23. The molecule has 0 N–H and O–H groups in total. The van der Waals surface area contributed by atoms with Gasteiger partial charge in [-0.15, -0.1) is 0 Å². The first kappa shape index (κ1) is 15.9. The van der Waals surface area contributed by atoms with Crippen molar-refractivity contribution in [2.45, 2.75) is 37.7 Å². The zero-order valence-corrected chi connectivity index (χ0v) is 14.4. The zero-order chi connectivity index (χ0) is 17.6. The summed E-state index contributed by atoms with van der Waals surface area (Å²) in [7, 11) is 1.62. The van der Waals surface area contributed by atoms with E-state index in [1.54, 1.807) is 14.0 Å². The van der Waals surface area contributed by atoms with E-state index < -0.39 is 5.60 Å². The Kier molecular flexibility index (Phi) is 3.64. The second-order valence-corrected chi connectivity index (χ2v) is 6.80. The molecule has 1 spiro atoms. The quantitative estimate of drug-likeness (QED) is 0.857. The van der Waals surface area contributed by atoms with E-state index >= 15 is 0 Å². The van der Waals surface area contributed by atoms with Crippen molar-refractivity contribution in [3.63, 3.8) is 0 Å². The molecule has 4 nitrogen and oxygen atoms in total. The second kappa shape index (κ2) is 5.73. The molecule has 0 aromatic heterocycles. The van der Waals surface area contributed by atoms with Gasteiger partial charge in [-0.3, -0.25) is 4.79 Å². The number of hydrogen-bond acceptors (Lipinski definition) is 4. The number of para-hydroxylation sites is 1. The first-order chi connectivity index (χ1) is 12.1. The first-order valence-corrected chi connectivity index (χ1v) is 8.55. The van der Waals surface area contributed by atoms with Gasteiger partial charge in [0.1, 0.15) is 17.3 Å². The van der Waals surface area contributed by atoms with E-state index in [-0.39, 0.29) is 17.5 Å². The summed E-state index contributed by atoms with van der Waals surface area (Å²) < 4.78 is 11.7. The molecule has 0 saturated carbocycles. The highest BCUT2D eigenvalue weighted by Gasteiger charge is 2.56. The van der Waals surface area contributed by atoms with Gasteiger partial charge >= 0.3 is 0 Å². The minimum Gasteiger partial charge on any atom is -0.496 e. The van der Waals surface area contributed by atoms with Gasteiger partial charge in [0.25, 0.3) is 0 Å². The SMILES string of the molecule is COc1cccc2c1CCC1(Oc3ccccc3C1CC(C)=O)C2=O. The van der Waals surface area contributed by atoms with Crippen molar-refractivity contribution in [3.8, 4) is 11.5 Å². The van der Waals surface area contributed by atoms with Crippen molar-refractivity contribution in [3.05, 3.63) is 59.2 Å². The predicted octanol–water partition coefficient (Wildman–Crippen LogP) is 3.72. The summed E-state index contributed by atoms with van der Waals surface area (Å²) in [6, 6.07) is 13.2. The number of methoxy groups -OCH3 is 1. The van der Waals surface area contributed by atoms with E-state index in [1.165, 1.54) is 0 Å². The van der Waals surface area contributed by atoms with Crippen molar-refractivity contribution >= 4 is 11.6 Å². The van der Waals surface area contributed by atoms with Crippen LogP contribution in [0.4, 0.5) is 0 Å². The van der Waals surface area contributed by atoms with Crippen LogP contribution in [0.1, 0.15) is 47.2 Å². The molecule has 1 aliphatic heterocycles. The van der Waals surface area contributed by atoms with Gasteiger partial charge in [0.05, 0.1) is 7.11 Å². The Morgan fingerprint density at radius 3 is 2.80 bits per heavy atom. The van der Waals surface area contributed by atoms with E-state index in [0.29, 0.717) is 30.6 Å². The maximum atomic E-state index is 13.5. The second-order valence-electron chi connectivity index (χ2n) is 6.80. The van der Waals surface area contributed by atoms with E-state index in [1.807, 2.05) is 42.5 Å². The van der Waals surface area contributed by atoms with Gasteiger partial charge < -0.3 is 14.3 Å². The third-order valence-corrected chi connectivity index (χ3v) is 5.37. The highest BCUT2D eigenvalue weighted by molar-refractivity contribution is 6.07. The summed E-state index contributed by atoms with van der Waals surface area (Å²) in [6.45, 7) is 1.57. The Bertz CT molecular complexity index is 870. The largest absolute Gasteiger partial charge is 0.496 e. The topological polar surface area (TPSA) is 52.6 Å². The lowest BCUT2D eigenvalue weighted by Gasteiger charge is -2.37. The van der Waals surface area contributed by atoms with Gasteiger partial charge in [-0.2, -0.15) is 0 Å². The molecular formula is C21H20O4. The molecule has 2 aliphatic rings. The average molecular weight is 336 g/mol. The van der Waals surface area contributed by atoms with Crippen LogP contribution in [0.3, 0.4) is 0 Å². The van der Waals surface area contributed by atoms with Crippen LogP contribution in [0.5, 0.6) is 11.5 Å². The van der Waals surface area contributed by atoms with Crippen LogP contribution in [-0.4, -0.2) is 24.3 Å². The Hall–Kier alpha value is -2.62. The minimum atomic E-state index is -0.991. The summed E-state index contributed by atoms with van der Waals surface area (Å²) in [5.41, 5.74) is 1.54. The Morgan fingerprint density at radius 2 is 2.04 bits per heavy atom. The van der Waals surface area contributed by atoms with E-state index in [4.69, 9.17) is 9.47 Å². The first-order valence-electron chi connectivity index (χ1n) is 8.55. The number of hydrogen-bond donors (Lipinski definition) is 0. The van der Waals surface area contributed by atoms with Crippen molar-refractivity contribution in [1.29, 1.82) is 0 Å². The van der Waals surface area contributed by atoms with Gasteiger partial charge in [-0.25, -0.2) is 0 Å². The van der Waals surface area contributed by atoms with Gasteiger partial charge in [0.2, 0.25) is 5.78 Å². The lowest BCUT2D eigenvalue weighted by molar-refractivity contribution is -0.118. The maximum absolute atomic E-state index is 13.5. The average Bonchev–Trinajstić information content (AvgIpc) is 2.92. The van der Waals surface area contributed by atoms with E-state index in [2.05, 4.69) is 0 Å². The van der Waals surface area contributed by atoms with Crippen molar-refractivity contribution in [1.82, 2.24) is 0 Å². The number of ether oxygens (including phenoxy) is 2. The summed E-state index contributed by atoms with van der Waals surface area (Å²) in [5, 5.41) is 0. The normalized spacial score (nSPS) is 23.8. The lowest BCUT2D eigenvalue weighted by Crippen LogP contribution is -2.50. The molecule has 1 heterocycles. The van der Waals surface area contributed by atoms with Gasteiger partial charge in [-0.05, 0) is 31.9 Å². The molecular weight excluding hydrogens is 316 g/mol. The van der Waals surface area contributed by atoms with Crippen LogP contribution in [0, 0.1) is 0 Å². The Labute approximate surface area is 146 Å². The fourth-order valence-corrected chi connectivity index (χ4v) is 4.25. The molecule has 4 rings (SSSR count). The fourth-order valence-electron chi connectivity index (χ4n) is 4.25. The van der Waals surface area contributed by atoms with Crippen molar-refractivity contribution in [2.75, 3.05) is 7.11 Å². The number of ketones is 2. The van der Waals surface area contributed by atoms with Gasteiger partial charge in [-0.1, -0.05) is 30.3 Å². The van der Waals surface area contributed by atoms with Gasteiger partial charge in [0, 0.05) is 29.0 Å². The Morgan fingerprint density at radius 1 is 1.24 bits per heavy atom. The summed E-state index contributed by atoms with van der Waals surface area (Å²) in [4.78, 5) is 25.4. The molecule has 2 atom stereocenters. The van der Waals surface area contributed by atoms with Crippen LogP contribution in [0.2, 0.25) is 0 Å². The highest BCUT2D eigenvalue weighted by Crippen LogP contribution is 2.52. The number of fused-ring (bicyclic) bond motifs is 2. The maximum Gasteiger partial charge on any atom is 0.207 e.